The van der Waals surface area contributed by atoms with Crippen molar-refractivity contribution < 1.29 is 28.0 Å². The van der Waals surface area contributed by atoms with E-state index in [4.69, 9.17) is 25.8 Å². The fraction of sp³-hybridized carbons (Fsp3) is 0.553. The van der Waals surface area contributed by atoms with E-state index in [1.165, 1.54) is 29.1 Å². The Morgan fingerprint density at radius 2 is 1.96 bits per heavy atom. The van der Waals surface area contributed by atoms with Gasteiger partial charge in [-0.05, 0) is 104 Å². The van der Waals surface area contributed by atoms with Gasteiger partial charge in [0.2, 0.25) is 5.88 Å². The summed E-state index contributed by atoms with van der Waals surface area (Å²) in [5, 5.41) is 4.90. The molecule has 274 valence electrons. The Morgan fingerprint density at radius 3 is 2.73 bits per heavy atom. The largest absolute Gasteiger partial charge is 0.490 e. The van der Waals surface area contributed by atoms with Crippen LogP contribution in [0.25, 0.3) is 0 Å². The molecule has 11 nitrogen and oxygen atoms in total. The summed E-state index contributed by atoms with van der Waals surface area (Å²) in [5.41, 5.74) is 3.51. The van der Waals surface area contributed by atoms with Crippen LogP contribution in [0.3, 0.4) is 0 Å². The lowest BCUT2D eigenvalue weighted by molar-refractivity contribution is -0.0223. The first kappa shape index (κ1) is 35.8. The monoisotopic (exact) mass is 737 g/mol. The Morgan fingerprint density at radius 1 is 1.12 bits per heavy atom. The Labute approximate surface area is 305 Å². The van der Waals surface area contributed by atoms with Gasteiger partial charge in [0.1, 0.15) is 21.2 Å². The third kappa shape index (κ3) is 7.24. The molecule has 1 N–H and O–H groups in total. The number of nitrogens with zero attached hydrogens (tertiary/aromatic N) is 4. The molecule has 6 atom stereocenters. The number of anilines is 1. The number of ether oxygens (including phenoxy) is 3. The first-order valence-corrected chi connectivity index (χ1v) is 20.1. The summed E-state index contributed by atoms with van der Waals surface area (Å²) in [6.45, 7) is 4.02. The summed E-state index contributed by atoms with van der Waals surface area (Å²) in [5.74, 6) is 0.249. The smallest absolute Gasteiger partial charge is 0.286 e. The molecule has 3 heterocycles. The first-order valence-electron chi connectivity index (χ1n) is 18.0. The lowest BCUT2D eigenvalue weighted by Crippen LogP contribution is -2.49. The number of amides is 2. The molecule has 1 fully saturated rings. The summed E-state index contributed by atoms with van der Waals surface area (Å²) in [4.78, 5) is 29.9. The highest BCUT2D eigenvalue weighted by molar-refractivity contribution is 7.92. The number of hydrogen-bond acceptors (Lipinski definition) is 8. The Kier molecular flexibility index (Phi) is 10.1. The van der Waals surface area contributed by atoms with Gasteiger partial charge in [-0.3, -0.25) is 19.0 Å². The molecular weight excluding hydrogens is 690 g/mol. The minimum absolute atomic E-state index is 0.0167. The minimum Gasteiger partial charge on any atom is -0.490 e. The van der Waals surface area contributed by atoms with Gasteiger partial charge < -0.3 is 19.1 Å². The third-order valence-electron chi connectivity index (χ3n) is 11.4. The maximum absolute atomic E-state index is 14.6. The van der Waals surface area contributed by atoms with Gasteiger partial charge in [-0.1, -0.05) is 31.0 Å². The van der Waals surface area contributed by atoms with E-state index in [1.807, 2.05) is 32.2 Å². The van der Waals surface area contributed by atoms with Crippen molar-refractivity contribution in [2.75, 3.05) is 44.6 Å². The fourth-order valence-electron chi connectivity index (χ4n) is 8.75. The molecule has 13 heteroatoms. The quantitative estimate of drug-likeness (QED) is 0.328. The second kappa shape index (κ2) is 14.4. The lowest BCUT2D eigenvalue weighted by atomic mass is 9.68. The molecule has 1 spiro atoms. The van der Waals surface area contributed by atoms with E-state index >= 15 is 0 Å². The van der Waals surface area contributed by atoms with Gasteiger partial charge in [0.25, 0.3) is 11.8 Å². The molecular formula is C38H48ClN5O6S. The Balaban J connectivity index is 1.29. The lowest BCUT2D eigenvalue weighted by Gasteiger charge is -2.46. The van der Waals surface area contributed by atoms with E-state index in [9.17, 15) is 13.8 Å². The van der Waals surface area contributed by atoms with Crippen LogP contribution in [0.2, 0.25) is 5.02 Å². The highest BCUT2D eigenvalue weighted by atomic mass is 35.5. The van der Waals surface area contributed by atoms with Crippen LogP contribution in [0, 0.1) is 17.8 Å². The topological polar surface area (TPSA) is 124 Å². The standard InChI is InChI=1S/C38H48ClN5O6S/c1-24-7-5-9-33(48-3)29-13-10-27(29)19-44-22-38(16-6-8-25-17-28(39)12-14-31(25)38)23-50-34-15-11-26(18-32(34)44)35(45)41-51(47,21-24)42-36(46)30-20-43(2)40-37(30)49-4/h11-12,14-15,17-18,20,24,27,29,33H,5-10,13,16,19,21-23H2,1-4H3,(H,41,42,45,46,47)/t24-,27-,29+,33-,38-,51-/m0/s1. The summed E-state index contributed by atoms with van der Waals surface area (Å²) >= 11 is 6.46. The normalized spacial score (nSPS) is 29.4. The van der Waals surface area contributed by atoms with Gasteiger partial charge in [0.05, 0.1) is 31.3 Å². The molecule has 4 aliphatic rings. The highest BCUT2D eigenvalue weighted by Gasteiger charge is 2.44. The summed E-state index contributed by atoms with van der Waals surface area (Å²) in [6.07, 6.45) is 9.29. The van der Waals surface area contributed by atoms with Crippen LogP contribution in [0.1, 0.15) is 83.7 Å². The van der Waals surface area contributed by atoms with Crippen LogP contribution < -0.4 is 19.1 Å². The predicted molar refractivity (Wildman–Crippen MR) is 197 cm³/mol. The second-order valence-corrected chi connectivity index (χ2v) is 17.4. The zero-order valence-electron chi connectivity index (χ0n) is 29.9. The molecule has 2 aliphatic heterocycles. The molecule has 1 saturated carbocycles. The zero-order valence-corrected chi connectivity index (χ0v) is 31.4. The van der Waals surface area contributed by atoms with Crippen molar-refractivity contribution >= 4 is 39.0 Å². The number of aromatic nitrogens is 2. The van der Waals surface area contributed by atoms with Crippen LogP contribution in [-0.2, 0) is 33.5 Å². The molecule has 2 amide bonds. The van der Waals surface area contributed by atoms with Crippen LogP contribution in [0.4, 0.5) is 5.69 Å². The number of benzene rings is 2. The number of rotatable bonds is 4. The highest BCUT2D eigenvalue weighted by Crippen LogP contribution is 2.47. The van der Waals surface area contributed by atoms with Gasteiger partial charge >= 0.3 is 0 Å². The Bertz CT molecular complexity index is 1940. The minimum atomic E-state index is -3.56. The van der Waals surface area contributed by atoms with E-state index in [0.29, 0.717) is 24.2 Å². The number of halogens is 1. The van der Waals surface area contributed by atoms with Crippen molar-refractivity contribution in [3.8, 4) is 11.6 Å². The number of aryl methyl sites for hydroxylation is 2. The van der Waals surface area contributed by atoms with Gasteiger partial charge in [0.15, 0.2) is 0 Å². The molecule has 7 rings (SSSR count). The van der Waals surface area contributed by atoms with E-state index in [1.54, 1.807) is 13.1 Å². The molecule has 2 aliphatic carbocycles. The predicted octanol–water partition coefficient (Wildman–Crippen LogP) is 6.37. The van der Waals surface area contributed by atoms with Crippen molar-refractivity contribution in [3.63, 3.8) is 0 Å². The van der Waals surface area contributed by atoms with Crippen molar-refractivity contribution in [2.45, 2.75) is 69.8 Å². The number of carbonyl (C=O) groups excluding carboxylic acids is 2. The van der Waals surface area contributed by atoms with Gasteiger partial charge in [-0.2, -0.15) is 0 Å². The average Bonchev–Trinajstić information content (AvgIpc) is 3.40. The van der Waals surface area contributed by atoms with Crippen molar-refractivity contribution in [3.05, 3.63) is 69.9 Å². The van der Waals surface area contributed by atoms with Crippen LogP contribution in [0.5, 0.6) is 11.6 Å². The maximum atomic E-state index is 14.6. The van der Waals surface area contributed by atoms with E-state index < -0.39 is 21.7 Å². The van der Waals surface area contributed by atoms with Crippen molar-refractivity contribution in [2.24, 2.45) is 29.2 Å². The Hall–Kier alpha value is -3.61. The fourth-order valence-corrected chi connectivity index (χ4v) is 10.9. The van der Waals surface area contributed by atoms with Crippen molar-refractivity contribution in [1.29, 1.82) is 0 Å². The number of fused-ring (bicyclic) bond motifs is 4. The number of nitrogens with one attached hydrogen (secondary N) is 1. The summed E-state index contributed by atoms with van der Waals surface area (Å²) in [7, 11) is 1.32. The molecule has 0 radical (unpaired) electrons. The van der Waals surface area contributed by atoms with Crippen LogP contribution in [0.15, 0.2) is 47.0 Å². The molecule has 3 aromatic rings. The molecule has 2 aromatic carbocycles. The average molecular weight is 738 g/mol. The number of methoxy groups -OCH3 is 2. The molecule has 0 unspecified atom stereocenters. The van der Waals surface area contributed by atoms with Gasteiger partial charge in [0, 0.05) is 49.4 Å². The zero-order chi connectivity index (χ0) is 35.9. The summed E-state index contributed by atoms with van der Waals surface area (Å²) in [6, 6.07) is 11.6. The number of carbonyl (C=O) groups is 2. The maximum Gasteiger partial charge on any atom is 0.286 e. The SMILES string of the molecule is COc1nn(C)cc1C(=O)N[S@@]1(=O)=NC(=O)c2ccc3c(c2)N(C[C@@H]2CC[C@H]2[C@@H](OC)CCC[C@H](C)C1)C[C@@]1(CCCc2cc(Cl)ccc21)CO3. The molecule has 1 aromatic heterocycles. The third-order valence-corrected chi connectivity index (χ3v) is 13.6. The van der Waals surface area contributed by atoms with E-state index in [0.717, 1.165) is 75.2 Å². The van der Waals surface area contributed by atoms with Crippen LogP contribution in [-0.4, -0.2) is 71.6 Å². The summed E-state index contributed by atoms with van der Waals surface area (Å²) < 4.78 is 41.0. The van der Waals surface area contributed by atoms with Crippen molar-refractivity contribution in [1.82, 2.24) is 14.5 Å². The molecule has 51 heavy (non-hydrogen) atoms. The van der Waals surface area contributed by atoms with E-state index in [2.05, 4.69) is 31.2 Å². The number of hydrogen-bond donors (Lipinski definition) is 1. The van der Waals surface area contributed by atoms with Gasteiger partial charge in [-0.25, -0.2) is 4.21 Å². The second-order valence-electron chi connectivity index (χ2n) is 15.0. The van der Waals surface area contributed by atoms with Crippen LogP contribution >= 0.6 is 11.6 Å². The van der Waals surface area contributed by atoms with E-state index in [-0.39, 0.29) is 40.2 Å². The van der Waals surface area contributed by atoms with Gasteiger partial charge in [-0.15, -0.1) is 9.46 Å². The molecule has 0 saturated heterocycles. The molecule has 2 bridgehead atoms. The first-order chi connectivity index (χ1) is 24.5.